The molecule has 9 heteroatoms. The molecule has 2 fully saturated rings. The average Bonchev–Trinajstić information content (AvgIpc) is 3.11. The number of nitrogens with one attached hydrogen (secondary N) is 3. The number of anilines is 3. The maximum atomic E-state index is 13.2. The number of carbonyl (C=O) groups excluding carboxylic acids is 3. The molecule has 48 heavy (non-hydrogen) atoms. The fourth-order valence-electron chi connectivity index (χ4n) is 6.91. The van der Waals surface area contributed by atoms with Crippen LogP contribution in [0.15, 0.2) is 97.1 Å². The van der Waals surface area contributed by atoms with Crippen LogP contribution in [-0.2, 0) is 16.0 Å². The number of carbonyl (C=O) groups is 3. The number of nitrogens with zero attached hydrogens (tertiary/aromatic N) is 2. The van der Waals surface area contributed by atoms with E-state index in [1.165, 1.54) is 38.2 Å². The maximum Gasteiger partial charge on any atom is 0.319 e. The third-order valence-electron chi connectivity index (χ3n) is 9.44. The van der Waals surface area contributed by atoms with Crippen LogP contribution in [-0.4, -0.2) is 61.0 Å². The number of fused-ring (bicyclic) bond motifs is 1. The number of benzene rings is 4. The van der Waals surface area contributed by atoms with Crippen molar-refractivity contribution in [2.24, 2.45) is 5.73 Å². The number of urea groups is 1. The van der Waals surface area contributed by atoms with Crippen molar-refractivity contribution in [2.45, 2.75) is 50.6 Å². The van der Waals surface area contributed by atoms with Gasteiger partial charge in [0.2, 0.25) is 11.8 Å². The second-order valence-corrected chi connectivity index (χ2v) is 12.7. The summed E-state index contributed by atoms with van der Waals surface area (Å²) in [7, 11) is 0. The summed E-state index contributed by atoms with van der Waals surface area (Å²) in [6.07, 6.45) is 10.0. The molecule has 4 aromatic carbocycles. The van der Waals surface area contributed by atoms with Gasteiger partial charge in [-0.2, -0.15) is 0 Å². The van der Waals surface area contributed by atoms with Crippen molar-refractivity contribution in [2.75, 3.05) is 41.7 Å². The minimum absolute atomic E-state index is 0.255. The standard InChI is InChI=1S/C39H44N6O3/c40-38(47)35(26-30-14-9-13-29-12-7-8-17-33(29)30)43-39(48)41-31-19-20-36(45-24-22-44(23-25-45)32-15-5-2-6-16-32)34(27-31)42-37(46)21-18-28-10-3-1-4-11-28/h1,3-4,7-14,17-21,27,32,35H,2,5-6,15-16,22-26H2,(H2,40,47)(H,42,46)(H2,41,43,48)/b21-18+. The van der Waals surface area contributed by atoms with Crippen LogP contribution >= 0.6 is 0 Å². The van der Waals surface area contributed by atoms with E-state index in [2.05, 4.69) is 25.8 Å². The monoisotopic (exact) mass is 644 g/mol. The molecule has 0 bridgehead atoms. The third kappa shape index (κ3) is 8.41. The Kier molecular flexibility index (Phi) is 10.7. The number of rotatable bonds is 10. The molecule has 0 radical (unpaired) electrons. The highest BCUT2D eigenvalue weighted by molar-refractivity contribution is 6.05. The zero-order valence-corrected chi connectivity index (χ0v) is 27.2. The molecule has 5 N–H and O–H groups in total. The van der Waals surface area contributed by atoms with Crippen LogP contribution in [0.5, 0.6) is 0 Å². The van der Waals surface area contributed by atoms with E-state index >= 15 is 0 Å². The summed E-state index contributed by atoms with van der Waals surface area (Å²) < 4.78 is 0. The molecule has 0 aromatic heterocycles. The fourth-order valence-corrected chi connectivity index (χ4v) is 6.91. The molecule has 1 aliphatic heterocycles. The Hall–Kier alpha value is -5.15. The molecule has 2 aliphatic rings. The number of hydrogen-bond acceptors (Lipinski definition) is 5. The first kappa shape index (κ1) is 32.8. The van der Waals surface area contributed by atoms with Crippen molar-refractivity contribution >= 4 is 51.8 Å². The molecule has 248 valence electrons. The summed E-state index contributed by atoms with van der Waals surface area (Å²) in [6, 6.07) is 28.1. The van der Waals surface area contributed by atoms with Gasteiger partial charge in [0.15, 0.2) is 0 Å². The lowest BCUT2D eigenvalue weighted by molar-refractivity contribution is -0.119. The molecule has 1 saturated heterocycles. The highest BCUT2D eigenvalue weighted by Crippen LogP contribution is 2.32. The molecule has 1 atom stereocenters. The molecular formula is C39H44N6O3. The average molecular weight is 645 g/mol. The molecule has 4 amide bonds. The van der Waals surface area contributed by atoms with Gasteiger partial charge in [-0.1, -0.05) is 92.1 Å². The topological polar surface area (TPSA) is 120 Å². The molecule has 1 saturated carbocycles. The molecule has 0 spiro atoms. The lowest BCUT2D eigenvalue weighted by Gasteiger charge is -2.42. The summed E-state index contributed by atoms with van der Waals surface area (Å²) in [6.45, 7) is 3.64. The van der Waals surface area contributed by atoms with Gasteiger partial charge in [-0.15, -0.1) is 0 Å². The van der Waals surface area contributed by atoms with Crippen molar-refractivity contribution in [3.63, 3.8) is 0 Å². The van der Waals surface area contributed by atoms with Gasteiger partial charge in [-0.3, -0.25) is 14.5 Å². The molecule has 6 rings (SSSR count). The van der Waals surface area contributed by atoms with Crippen molar-refractivity contribution < 1.29 is 14.4 Å². The van der Waals surface area contributed by atoms with Crippen LogP contribution in [0.4, 0.5) is 21.9 Å². The summed E-state index contributed by atoms with van der Waals surface area (Å²) in [5.74, 6) is -0.898. The van der Waals surface area contributed by atoms with Crippen LogP contribution in [0.1, 0.15) is 43.2 Å². The lowest BCUT2D eigenvalue weighted by atomic mass is 9.94. The number of hydrogen-bond donors (Lipinski definition) is 4. The molecule has 9 nitrogen and oxygen atoms in total. The Labute approximate surface area is 282 Å². The zero-order valence-electron chi connectivity index (χ0n) is 27.2. The van der Waals surface area contributed by atoms with Crippen molar-refractivity contribution in [1.29, 1.82) is 0 Å². The third-order valence-corrected chi connectivity index (χ3v) is 9.44. The largest absolute Gasteiger partial charge is 0.368 e. The maximum absolute atomic E-state index is 13.2. The molecule has 1 unspecified atom stereocenters. The lowest BCUT2D eigenvalue weighted by Crippen LogP contribution is -2.51. The van der Waals surface area contributed by atoms with Crippen LogP contribution in [0, 0.1) is 0 Å². The SMILES string of the molecule is NC(=O)C(Cc1cccc2ccccc12)NC(=O)Nc1ccc(N2CCN(C3CCCCC3)CC2)c(NC(=O)/C=C/c2ccccc2)c1. The first-order valence-corrected chi connectivity index (χ1v) is 16.9. The number of piperazine rings is 1. The van der Waals surface area contributed by atoms with E-state index < -0.39 is 18.0 Å². The van der Waals surface area contributed by atoms with E-state index in [0.29, 0.717) is 17.4 Å². The van der Waals surface area contributed by atoms with Crippen LogP contribution < -0.4 is 26.6 Å². The first-order chi connectivity index (χ1) is 23.4. The van der Waals surface area contributed by atoms with Gasteiger partial charge in [0, 0.05) is 50.4 Å². The van der Waals surface area contributed by atoms with Gasteiger partial charge in [0.25, 0.3) is 0 Å². The zero-order chi connectivity index (χ0) is 33.3. The quantitative estimate of drug-likeness (QED) is 0.154. The Morgan fingerprint density at radius 2 is 1.54 bits per heavy atom. The van der Waals surface area contributed by atoms with E-state index in [1.807, 2.05) is 84.9 Å². The fraction of sp³-hybridized carbons (Fsp3) is 0.308. The second-order valence-electron chi connectivity index (χ2n) is 12.7. The summed E-state index contributed by atoms with van der Waals surface area (Å²) in [4.78, 5) is 43.7. The minimum Gasteiger partial charge on any atom is -0.368 e. The normalized spacial score (nSPS) is 16.5. The number of amides is 4. The number of primary amides is 1. The van der Waals surface area contributed by atoms with E-state index in [4.69, 9.17) is 5.73 Å². The van der Waals surface area contributed by atoms with Gasteiger partial charge in [0.05, 0.1) is 11.4 Å². The van der Waals surface area contributed by atoms with E-state index in [0.717, 1.165) is 53.8 Å². The Morgan fingerprint density at radius 1 is 0.812 bits per heavy atom. The minimum atomic E-state index is -0.919. The van der Waals surface area contributed by atoms with Crippen molar-refractivity contribution in [3.05, 3.63) is 108 Å². The first-order valence-electron chi connectivity index (χ1n) is 16.9. The number of nitrogens with two attached hydrogens (primary N) is 1. The van der Waals surface area contributed by atoms with E-state index in [-0.39, 0.29) is 12.3 Å². The smallest absolute Gasteiger partial charge is 0.319 e. The summed E-state index contributed by atoms with van der Waals surface area (Å²) in [5, 5.41) is 10.7. The van der Waals surface area contributed by atoms with Crippen LogP contribution in [0.3, 0.4) is 0 Å². The molecule has 1 aliphatic carbocycles. The van der Waals surface area contributed by atoms with Gasteiger partial charge >= 0.3 is 6.03 Å². The van der Waals surface area contributed by atoms with Crippen molar-refractivity contribution in [1.82, 2.24) is 10.2 Å². The second kappa shape index (κ2) is 15.6. The molecular weight excluding hydrogens is 600 g/mol. The van der Waals surface area contributed by atoms with Crippen LogP contribution in [0.2, 0.25) is 0 Å². The van der Waals surface area contributed by atoms with Crippen molar-refractivity contribution in [3.8, 4) is 0 Å². The molecule has 4 aromatic rings. The van der Waals surface area contributed by atoms with E-state index in [1.54, 1.807) is 12.1 Å². The van der Waals surface area contributed by atoms with Gasteiger partial charge in [0.1, 0.15) is 6.04 Å². The van der Waals surface area contributed by atoms with Gasteiger partial charge < -0.3 is 26.6 Å². The predicted octanol–water partition coefficient (Wildman–Crippen LogP) is 6.16. The van der Waals surface area contributed by atoms with E-state index in [9.17, 15) is 14.4 Å². The summed E-state index contributed by atoms with van der Waals surface area (Å²) >= 11 is 0. The highest BCUT2D eigenvalue weighted by atomic mass is 16.2. The van der Waals surface area contributed by atoms with Crippen LogP contribution in [0.25, 0.3) is 16.8 Å². The Morgan fingerprint density at radius 3 is 2.31 bits per heavy atom. The van der Waals surface area contributed by atoms with Gasteiger partial charge in [-0.25, -0.2) is 4.79 Å². The summed E-state index contributed by atoms with van der Waals surface area (Å²) in [5.41, 5.74) is 9.55. The van der Waals surface area contributed by atoms with Gasteiger partial charge in [-0.05, 0) is 59.0 Å². The Balaban J connectivity index is 1.16. The predicted molar refractivity (Wildman–Crippen MR) is 194 cm³/mol. The Bertz CT molecular complexity index is 1760. The highest BCUT2D eigenvalue weighted by Gasteiger charge is 2.27. The molecule has 1 heterocycles.